The van der Waals surface area contributed by atoms with Crippen LogP contribution in [0.3, 0.4) is 0 Å². The van der Waals surface area contributed by atoms with Crippen molar-refractivity contribution >= 4 is 37.6 Å². The van der Waals surface area contributed by atoms with Crippen molar-refractivity contribution < 1.29 is 54.9 Å². The van der Waals surface area contributed by atoms with Crippen LogP contribution in [0.4, 0.5) is 26.7 Å². The SMILES string of the molecule is CNC(=O)N(/C=C(/F)C=O)C1CC(F)(F)C(COP(NCC(=O)OC(C)C)Oc2cccc3ccccc23)O1.FCF. The van der Waals surface area contributed by atoms with Gasteiger partial charge in [0.15, 0.2) is 12.1 Å². The summed E-state index contributed by atoms with van der Waals surface area (Å²) in [6, 6.07) is 11.7. The van der Waals surface area contributed by atoms with E-state index in [4.69, 9.17) is 18.5 Å². The number of urea groups is 1. The van der Waals surface area contributed by atoms with Crippen LogP contribution in [-0.2, 0) is 23.6 Å². The van der Waals surface area contributed by atoms with E-state index < -0.39 is 64.6 Å². The van der Waals surface area contributed by atoms with Gasteiger partial charge in [-0.1, -0.05) is 36.4 Å². The van der Waals surface area contributed by atoms with E-state index in [2.05, 4.69) is 10.4 Å². The number of carbonyl (C=O) groups excluding carboxylic acids is 3. The Bertz CT molecular complexity index is 1220. The molecular weight excluding hydrogens is 592 g/mol. The summed E-state index contributed by atoms with van der Waals surface area (Å²) in [6.45, 7) is 0.586. The van der Waals surface area contributed by atoms with E-state index in [1.165, 1.54) is 7.05 Å². The molecule has 1 aliphatic heterocycles. The monoisotopic (exact) mass is 623 g/mol. The Labute approximate surface area is 240 Å². The van der Waals surface area contributed by atoms with E-state index in [1.807, 2.05) is 24.3 Å². The zero-order valence-electron chi connectivity index (χ0n) is 22.9. The highest BCUT2D eigenvalue weighted by atomic mass is 31.2. The number of hydrogen-bond acceptors (Lipinski definition) is 8. The molecule has 0 saturated carbocycles. The van der Waals surface area contributed by atoms with E-state index in [0.717, 1.165) is 10.8 Å². The van der Waals surface area contributed by atoms with Gasteiger partial charge in [0.1, 0.15) is 24.6 Å². The fourth-order valence-electron chi connectivity index (χ4n) is 3.63. The van der Waals surface area contributed by atoms with Crippen molar-refractivity contribution in [3.63, 3.8) is 0 Å². The average molecular weight is 624 g/mol. The van der Waals surface area contributed by atoms with Crippen molar-refractivity contribution in [2.45, 2.75) is 44.6 Å². The minimum Gasteiger partial charge on any atom is -0.462 e. The lowest BCUT2D eigenvalue weighted by molar-refractivity contribution is -0.145. The van der Waals surface area contributed by atoms with E-state index in [0.29, 0.717) is 16.8 Å². The molecule has 3 unspecified atom stereocenters. The van der Waals surface area contributed by atoms with Gasteiger partial charge < -0.3 is 23.8 Å². The summed E-state index contributed by atoms with van der Waals surface area (Å²) in [5.41, 5.74) is 0. The predicted octanol–water partition coefficient (Wildman–Crippen LogP) is 5.29. The van der Waals surface area contributed by atoms with E-state index in [-0.39, 0.29) is 18.9 Å². The smallest absolute Gasteiger partial charge is 0.323 e. The molecule has 2 aromatic carbocycles. The molecule has 2 N–H and O–H groups in total. The summed E-state index contributed by atoms with van der Waals surface area (Å²) in [4.78, 5) is 35.4. The van der Waals surface area contributed by atoms with Crippen molar-refractivity contribution in [3.8, 4) is 5.75 Å². The number of halogens is 5. The summed E-state index contributed by atoms with van der Waals surface area (Å²) in [7, 11) is -0.950. The molecule has 3 rings (SSSR count). The van der Waals surface area contributed by atoms with Crippen LogP contribution in [0.2, 0.25) is 0 Å². The average Bonchev–Trinajstić information content (AvgIpc) is 3.26. The van der Waals surface area contributed by atoms with Gasteiger partial charge in [0, 0.05) is 12.4 Å². The molecule has 1 fully saturated rings. The molecule has 2 amide bonds. The molecule has 42 heavy (non-hydrogen) atoms. The van der Waals surface area contributed by atoms with E-state index in [9.17, 15) is 36.3 Å². The Morgan fingerprint density at radius 1 is 1.19 bits per heavy atom. The molecule has 0 aromatic heterocycles. The van der Waals surface area contributed by atoms with Crippen molar-refractivity contribution in [1.82, 2.24) is 15.3 Å². The number of nitrogens with one attached hydrogen (secondary N) is 2. The normalized spacial score (nSPS) is 18.5. The van der Waals surface area contributed by atoms with Crippen LogP contribution in [-0.4, -0.2) is 74.7 Å². The third-order valence-corrected chi connectivity index (χ3v) is 6.53. The number of alkyl halides is 4. The van der Waals surface area contributed by atoms with Crippen molar-refractivity contribution in [2.75, 3.05) is 27.1 Å². The van der Waals surface area contributed by atoms with Gasteiger partial charge in [0.25, 0.3) is 5.92 Å². The van der Waals surface area contributed by atoms with Crippen LogP contribution < -0.4 is 14.9 Å². The minimum atomic E-state index is -3.49. The van der Waals surface area contributed by atoms with Crippen LogP contribution in [0, 0.1) is 0 Å². The number of carbonyl (C=O) groups is 3. The highest BCUT2D eigenvalue weighted by Gasteiger charge is 2.53. The second-order valence-corrected chi connectivity index (χ2v) is 10.0. The molecule has 0 bridgehead atoms. The molecule has 16 heteroatoms. The zero-order valence-corrected chi connectivity index (χ0v) is 23.8. The lowest BCUT2D eigenvalue weighted by Crippen LogP contribution is -2.42. The van der Waals surface area contributed by atoms with Gasteiger partial charge in [-0.2, -0.15) is 0 Å². The molecule has 232 valence electrons. The molecule has 3 atom stereocenters. The second-order valence-electron chi connectivity index (χ2n) is 8.73. The van der Waals surface area contributed by atoms with Gasteiger partial charge in [0.2, 0.25) is 6.93 Å². The number of rotatable bonds is 12. The Morgan fingerprint density at radius 2 is 1.86 bits per heavy atom. The van der Waals surface area contributed by atoms with Crippen LogP contribution in [0.5, 0.6) is 5.75 Å². The van der Waals surface area contributed by atoms with Gasteiger partial charge in [-0.3, -0.25) is 14.5 Å². The highest BCUT2D eigenvalue weighted by Crippen LogP contribution is 2.42. The fraction of sp³-hybridized carbons (Fsp3) is 0.423. The number of benzene rings is 2. The van der Waals surface area contributed by atoms with E-state index >= 15 is 0 Å². The van der Waals surface area contributed by atoms with Crippen LogP contribution in [0.1, 0.15) is 20.3 Å². The summed E-state index contributed by atoms with van der Waals surface area (Å²) in [5.74, 6) is -5.05. The summed E-state index contributed by atoms with van der Waals surface area (Å²) in [6.07, 6.45) is -4.47. The van der Waals surface area contributed by atoms with Crippen LogP contribution in [0.15, 0.2) is 54.5 Å². The third-order valence-electron chi connectivity index (χ3n) is 5.37. The van der Waals surface area contributed by atoms with Crippen molar-refractivity contribution in [2.24, 2.45) is 0 Å². The number of ether oxygens (including phenoxy) is 2. The largest absolute Gasteiger partial charge is 0.462 e. The summed E-state index contributed by atoms with van der Waals surface area (Å²) < 4.78 is 84.6. The molecule has 1 saturated heterocycles. The molecule has 10 nitrogen and oxygen atoms in total. The summed E-state index contributed by atoms with van der Waals surface area (Å²) in [5, 5.41) is 6.53. The first-order chi connectivity index (χ1) is 19.9. The first-order valence-corrected chi connectivity index (χ1v) is 13.6. The van der Waals surface area contributed by atoms with Crippen LogP contribution in [0.25, 0.3) is 10.8 Å². The Kier molecular flexibility index (Phi) is 14.0. The maximum atomic E-state index is 14.9. The maximum Gasteiger partial charge on any atom is 0.323 e. The molecular formula is C26H31F5N3O7P. The summed E-state index contributed by atoms with van der Waals surface area (Å²) >= 11 is 0. The van der Waals surface area contributed by atoms with Crippen molar-refractivity contribution in [1.29, 1.82) is 0 Å². The number of fused-ring (bicyclic) bond motifs is 1. The van der Waals surface area contributed by atoms with Gasteiger partial charge in [-0.05, 0) is 25.3 Å². The first kappa shape index (κ1) is 34.8. The van der Waals surface area contributed by atoms with E-state index in [1.54, 1.807) is 32.0 Å². The first-order valence-electron chi connectivity index (χ1n) is 12.4. The quantitative estimate of drug-likeness (QED) is 0.108. The van der Waals surface area contributed by atoms with Gasteiger partial charge in [-0.25, -0.2) is 31.8 Å². The molecule has 0 radical (unpaired) electrons. The van der Waals surface area contributed by atoms with Crippen LogP contribution >= 0.6 is 8.53 Å². The third kappa shape index (κ3) is 10.5. The minimum absolute atomic E-state index is 0.169. The number of esters is 1. The Morgan fingerprint density at radius 3 is 2.50 bits per heavy atom. The topological polar surface area (TPSA) is 115 Å². The molecule has 1 aliphatic rings. The lowest BCUT2D eigenvalue weighted by atomic mass is 10.1. The maximum absolute atomic E-state index is 14.9. The number of amides is 2. The number of aldehydes is 1. The number of hydrogen-bond donors (Lipinski definition) is 2. The Balaban J connectivity index is 0.00000197. The molecule has 2 aromatic rings. The number of allylic oxidation sites excluding steroid dienone is 1. The second kappa shape index (κ2) is 16.9. The fourth-order valence-corrected chi connectivity index (χ4v) is 4.70. The predicted molar refractivity (Wildman–Crippen MR) is 144 cm³/mol. The zero-order chi connectivity index (χ0) is 31.3. The number of nitrogens with zero attached hydrogens (tertiary/aromatic N) is 1. The van der Waals surface area contributed by atoms with Gasteiger partial charge in [0.05, 0.1) is 25.3 Å². The van der Waals surface area contributed by atoms with Gasteiger partial charge >= 0.3 is 20.5 Å². The molecule has 0 aliphatic carbocycles. The standard InChI is InChI=1S/C25H29F3N3O7P.CH2F2/c1-16(2)36-23(33)12-30-39(38-20-10-6-8-17-7-4-5-9-19(17)20)35-15-21-25(27,28)11-22(37-21)31(24(34)29-3)13-18(26)14-32;2-1-3/h4-10,13-14,16,21-22,30H,11-12,15H2,1-3H3,(H,29,34);1H2/b18-13+;. The highest BCUT2D eigenvalue weighted by molar-refractivity contribution is 7.45. The van der Waals surface area contributed by atoms with Gasteiger partial charge in [-0.15, -0.1) is 0 Å². The van der Waals surface area contributed by atoms with Crippen molar-refractivity contribution in [3.05, 3.63) is 54.5 Å². The lowest BCUT2D eigenvalue weighted by Gasteiger charge is -2.25. The Hall–Kier alpha value is -3.39. The molecule has 1 heterocycles. The molecule has 0 spiro atoms.